The molecule has 1 atom stereocenters. The SMILES string of the molecule is CCCCCCCC/C=C\CCCCCC(=O)OC(COC(=O)CCCCCCCCCCCCCC)COC(=O)CCCCCCCCCCCCCCCCCCCC. The topological polar surface area (TPSA) is 78.9 Å². The van der Waals surface area contributed by atoms with Crippen molar-refractivity contribution >= 4 is 17.9 Å². The number of rotatable bonds is 50. The lowest BCUT2D eigenvalue weighted by atomic mass is 10.0. The molecule has 0 spiro atoms. The number of carbonyl (C=O) groups is 3. The normalized spacial score (nSPS) is 12.0. The van der Waals surface area contributed by atoms with E-state index in [9.17, 15) is 14.4 Å². The molecule has 0 aromatic rings. The van der Waals surface area contributed by atoms with Crippen LogP contribution in [0.15, 0.2) is 12.2 Å². The molecule has 6 nitrogen and oxygen atoms in total. The van der Waals surface area contributed by atoms with E-state index in [2.05, 4.69) is 32.9 Å². The molecule has 0 aliphatic carbocycles. The average molecular weight is 861 g/mol. The first kappa shape index (κ1) is 59.1. The van der Waals surface area contributed by atoms with Crippen molar-refractivity contribution in [2.45, 2.75) is 309 Å². The lowest BCUT2D eigenvalue weighted by molar-refractivity contribution is -0.167. The van der Waals surface area contributed by atoms with Gasteiger partial charge in [-0.25, -0.2) is 0 Å². The highest BCUT2D eigenvalue weighted by molar-refractivity contribution is 5.71. The molecule has 0 aliphatic rings. The summed E-state index contributed by atoms with van der Waals surface area (Å²) in [5, 5.41) is 0. The van der Waals surface area contributed by atoms with E-state index in [-0.39, 0.29) is 31.1 Å². The van der Waals surface area contributed by atoms with Gasteiger partial charge in [-0.05, 0) is 44.9 Å². The summed E-state index contributed by atoms with van der Waals surface area (Å²) >= 11 is 0. The maximum Gasteiger partial charge on any atom is 0.306 e. The van der Waals surface area contributed by atoms with Crippen LogP contribution in [0.5, 0.6) is 0 Å². The van der Waals surface area contributed by atoms with Crippen LogP contribution in [0, 0.1) is 0 Å². The molecule has 1 unspecified atom stereocenters. The molecular formula is C55H104O6. The molecule has 0 rings (SSSR count). The molecule has 0 fully saturated rings. The summed E-state index contributed by atoms with van der Waals surface area (Å²) in [6.07, 6.45) is 56.3. The number of ether oxygens (including phenoxy) is 3. The van der Waals surface area contributed by atoms with Gasteiger partial charge in [0.1, 0.15) is 13.2 Å². The van der Waals surface area contributed by atoms with E-state index in [0.29, 0.717) is 19.3 Å². The number of hydrogen-bond donors (Lipinski definition) is 0. The Hall–Kier alpha value is -1.85. The summed E-state index contributed by atoms with van der Waals surface area (Å²) in [6, 6.07) is 0. The lowest BCUT2D eigenvalue weighted by Gasteiger charge is -2.18. The van der Waals surface area contributed by atoms with Gasteiger partial charge in [0, 0.05) is 19.3 Å². The van der Waals surface area contributed by atoms with Crippen molar-refractivity contribution in [3.63, 3.8) is 0 Å². The third-order valence-electron chi connectivity index (χ3n) is 12.3. The summed E-state index contributed by atoms with van der Waals surface area (Å²) < 4.78 is 16.8. The highest BCUT2D eigenvalue weighted by Crippen LogP contribution is 2.17. The molecule has 0 saturated heterocycles. The molecule has 6 heteroatoms. The Morgan fingerprint density at radius 3 is 0.836 bits per heavy atom. The van der Waals surface area contributed by atoms with Crippen molar-refractivity contribution < 1.29 is 28.6 Å². The summed E-state index contributed by atoms with van der Waals surface area (Å²) in [7, 11) is 0. The maximum absolute atomic E-state index is 12.8. The highest BCUT2D eigenvalue weighted by atomic mass is 16.6. The zero-order chi connectivity index (χ0) is 44.4. The standard InChI is InChI=1S/C55H104O6/c1-4-7-10-13-16-19-22-25-26-27-28-29-31-33-36-39-42-45-48-54(57)60-51-52(50-59-53(56)47-44-41-38-35-32-24-21-18-15-12-9-6-3)61-55(58)49-46-43-40-37-34-30-23-20-17-14-11-8-5-2/h30,34,52H,4-29,31-33,35-51H2,1-3H3/b34-30-. The Labute approximate surface area is 380 Å². The van der Waals surface area contributed by atoms with Crippen LogP contribution in [0.3, 0.4) is 0 Å². The van der Waals surface area contributed by atoms with Crippen molar-refractivity contribution in [2.75, 3.05) is 13.2 Å². The molecule has 360 valence electrons. The smallest absolute Gasteiger partial charge is 0.306 e. The fourth-order valence-electron chi connectivity index (χ4n) is 8.14. The summed E-state index contributed by atoms with van der Waals surface area (Å²) in [4.78, 5) is 38.0. The second kappa shape index (κ2) is 50.8. The summed E-state index contributed by atoms with van der Waals surface area (Å²) in [5.74, 6) is -0.868. The van der Waals surface area contributed by atoms with E-state index < -0.39 is 6.10 Å². The van der Waals surface area contributed by atoms with Crippen LogP contribution >= 0.6 is 0 Å². The molecule has 0 aromatic carbocycles. The predicted molar refractivity (Wildman–Crippen MR) is 261 cm³/mol. The van der Waals surface area contributed by atoms with Crippen molar-refractivity contribution in [2.24, 2.45) is 0 Å². The van der Waals surface area contributed by atoms with Gasteiger partial charge in [0.15, 0.2) is 6.10 Å². The fourth-order valence-corrected chi connectivity index (χ4v) is 8.14. The number of unbranched alkanes of at least 4 members (excludes halogenated alkanes) is 37. The van der Waals surface area contributed by atoms with E-state index in [1.165, 1.54) is 193 Å². The van der Waals surface area contributed by atoms with E-state index in [1.54, 1.807) is 0 Å². The molecule has 0 aliphatic heterocycles. The van der Waals surface area contributed by atoms with Crippen LogP contribution in [0.25, 0.3) is 0 Å². The van der Waals surface area contributed by atoms with Crippen LogP contribution in [-0.2, 0) is 28.6 Å². The summed E-state index contributed by atoms with van der Waals surface area (Å²) in [6.45, 7) is 6.66. The largest absolute Gasteiger partial charge is 0.462 e. The average Bonchev–Trinajstić information content (AvgIpc) is 3.26. The Balaban J connectivity index is 4.29. The predicted octanol–water partition coefficient (Wildman–Crippen LogP) is 17.8. The van der Waals surface area contributed by atoms with Gasteiger partial charge in [-0.3, -0.25) is 14.4 Å². The van der Waals surface area contributed by atoms with Crippen LogP contribution in [0.2, 0.25) is 0 Å². The molecule has 61 heavy (non-hydrogen) atoms. The molecule has 0 bridgehead atoms. The second-order valence-electron chi connectivity index (χ2n) is 18.5. The first-order valence-electron chi connectivity index (χ1n) is 27.2. The lowest BCUT2D eigenvalue weighted by Crippen LogP contribution is -2.30. The third kappa shape index (κ3) is 49.0. The van der Waals surface area contributed by atoms with Gasteiger partial charge in [-0.15, -0.1) is 0 Å². The van der Waals surface area contributed by atoms with Crippen LogP contribution < -0.4 is 0 Å². The van der Waals surface area contributed by atoms with Crippen molar-refractivity contribution in [3.8, 4) is 0 Å². The highest BCUT2D eigenvalue weighted by Gasteiger charge is 2.19. The van der Waals surface area contributed by atoms with Crippen molar-refractivity contribution in [3.05, 3.63) is 12.2 Å². The number of esters is 3. The Kier molecular flexibility index (Phi) is 49.3. The minimum absolute atomic E-state index is 0.0705. The zero-order valence-electron chi connectivity index (χ0n) is 41.2. The van der Waals surface area contributed by atoms with Crippen LogP contribution in [0.1, 0.15) is 303 Å². The van der Waals surface area contributed by atoms with Gasteiger partial charge in [-0.2, -0.15) is 0 Å². The Morgan fingerprint density at radius 2 is 0.541 bits per heavy atom. The minimum Gasteiger partial charge on any atom is -0.462 e. The van der Waals surface area contributed by atoms with Gasteiger partial charge >= 0.3 is 17.9 Å². The second-order valence-corrected chi connectivity index (χ2v) is 18.5. The molecule has 0 amide bonds. The molecule has 0 aromatic heterocycles. The number of hydrogen-bond acceptors (Lipinski definition) is 6. The Morgan fingerprint density at radius 1 is 0.311 bits per heavy atom. The zero-order valence-corrected chi connectivity index (χ0v) is 41.2. The van der Waals surface area contributed by atoms with Gasteiger partial charge in [0.2, 0.25) is 0 Å². The fraction of sp³-hybridized carbons (Fsp3) is 0.909. The van der Waals surface area contributed by atoms with E-state index >= 15 is 0 Å². The first-order chi connectivity index (χ1) is 30.0. The maximum atomic E-state index is 12.8. The summed E-state index contributed by atoms with van der Waals surface area (Å²) in [5.41, 5.74) is 0. The van der Waals surface area contributed by atoms with Crippen molar-refractivity contribution in [1.29, 1.82) is 0 Å². The van der Waals surface area contributed by atoms with Crippen molar-refractivity contribution in [1.82, 2.24) is 0 Å². The Bertz CT molecular complexity index is 947. The molecule has 0 N–H and O–H groups in total. The minimum atomic E-state index is -0.771. The van der Waals surface area contributed by atoms with Gasteiger partial charge < -0.3 is 14.2 Å². The molecule has 0 saturated carbocycles. The molecule has 0 radical (unpaired) electrons. The monoisotopic (exact) mass is 861 g/mol. The molecular weight excluding hydrogens is 757 g/mol. The van der Waals surface area contributed by atoms with E-state index in [1.807, 2.05) is 0 Å². The quantitative estimate of drug-likeness (QED) is 0.0262. The number of carbonyl (C=O) groups excluding carboxylic acids is 3. The van der Waals surface area contributed by atoms with E-state index in [4.69, 9.17) is 14.2 Å². The van der Waals surface area contributed by atoms with Gasteiger partial charge in [0.05, 0.1) is 0 Å². The van der Waals surface area contributed by atoms with Crippen LogP contribution in [-0.4, -0.2) is 37.2 Å². The molecule has 0 heterocycles. The number of allylic oxidation sites excluding steroid dienone is 2. The van der Waals surface area contributed by atoms with Gasteiger partial charge in [-0.1, -0.05) is 251 Å². The first-order valence-corrected chi connectivity index (χ1v) is 27.2. The third-order valence-corrected chi connectivity index (χ3v) is 12.3. The van der Waals surface area contributed by atoms with Crippen LogP contribution in [0.4, 0.5) is 0 Å². The van der Waals surface area contributed by atoms with E-state index in [0.717, 1.165) is 70.6 Å². The van der Waals surface area contributed by atoms with Gasteiger partial charge in [0.25, 0.3) is 0 Å².